The Morgan fingerprint density at radius 2 is 2.08 bits per heavy atom. The molecular weight excluding hydrogens is 322 g/mol. The van der Waals surface area contributed by atoms with Gasteiger partial charge in [-0.2, -0.15) is 18.9 Å². The molecule has 0 aliphatic carbocycles. The zero-order valence-corrected chi connectivity index (χ0v) is 13.1. The summed E-state index contributed by atoms with van der Waals surface area (Å²) in [6.07, 6.45) is 3.44. The second kappa shape index (κ2) is 7.39. The molecule has 3 rings (SSSR count). The van der Waals surface area contributed by atoms with Crippen LogP contribution in [-0.2, 0) is 0 Å². The lowest BCUT2D eigenvalue weighted by atomic mass is 10.1. The Morgan fingerprint density at radius 3 is 2.83 bits per heavy atom. The fourth-order valence-corrected chi connectivity index (χ4v) is 2.33. The molecule has 1 saturated heterocycles. The number of aryl methyl sites for hydroxylation is 1. The van der Waals surface area contributed by atoms with Crippen molar-refractivity contribution in [2.45, 2.75) is 32.5 Å². The molecule has 1 aliphatic heterocycles. The van der Waals surface area contributed by atoms with Crippen molar-refractivity contribution in [3.8, 4) is 11.8 Å². The molecule has 1 aliphatic rings. The van der Waals surface area contributed by atoms with Crippen LogP contribution < -0.4 is 20.1 Å². The van der Waals surface area contributed by atoms with Crippen molar-refractivity contribution >= 4 is 11.6 Å². The van der Waals surface area contributed by atoms with Crippen LogP contribution in [0.15, 0.2) is 12.3 Å². The van der Waals surface area contributed by atoms with Gasteiger partial charge in [0.1, 0.15) is 6.10 Å². The van der Waals surface area contributed by atoms with Crippen LogP contribution in [0.1, 0.15) is 18.5 Å². The van der Waals surface area contributed by atoms with Gasteiger partial charge < -0.3 is 20.1 Å². The molecule has 8 nitrogen and oxygen atoms in total. The van der Waals surface area contributed by atoms with E-state index in [9.17, 15) is 8.78 Å². The Morgan fingerprint density at radius 1 is 1.29 bits per heavy atom. The lowest BCUT2D eigenvalue weighted by molar-refractivity contribution is -0.0528. The molecule has 0 radical (unpaired) electrons. The van der Waals surface area contributed by atoms with Gasteiger partial charge in [-0.25, -0.2) is 5.10 Å². The topological polar surface area (TPSA) is 97.0 Å². The molecule has 2 aromatic heterocycles. The van der Waals surface area contributed by atoms with Gasteiger partial charge in [-0.1, -0.05) is 0 Å². The summed E-state index contributed by atoms with van der Waals surface area (Å²) in [7, 11) is 0. The van der Waals surface area contributed by atoms with Gasteiger partial charge in [0.2, 0.25) is 11.8 Å². The van der Waals surface area contributed by atoms with Crippen LogP contribution in [0.3, 0.4) is 0 Å². The number of alkyl halides is 2. The fourth-order valence-electron chi connectivity index (χ4n) is 2.33. The molecule has 0 bridgehead atoms. The van der Waals surface area contributed by atoms with Crippen LogP contribution in [0.2, 0.25) is 0 Å². The standard InChI is InChI=1S/C14H18F2N6O2/c1-8-13(23-9-2-4-17-5-3-9)20-11(7-18-8)19-10-6-12(22-21-10)24-14(15)16/h6-7,9,14,17H,2-5H2,1H3,(H2,19,20,21,22). The largest absolute Gasteiger partial charge is 0.473 e. The van der Waals surface area contributed by atoms with Gasteiger partial charge in [0.05, 0.1) is 11.9 Å². The molecule has 24 heavy (non-hydrogen) atoms. The molecule has 0 atom stereocenters. The van der Waals surface area contributed by atoms with Crippen molar-refractivity contribution in [2.75, 3.05) is 18.4 Å². The predicted octanol–water partition coefficient (Wildman–Crippen LogP) is 1.98. The minimum atomic E-state index is -2.91. The summed E-state index contributed by atoms with van der Waals surface area (Å²) in [6, 6.07) is 1.31. The highest BCUT2D eigenvalue weighted by atomic mass is 19.3. The number of hydrogen-bond acceptors (Lipinski definition) is 7. The zero-order valence-electron chi connectivity index (χ0n) is 13.1. The Labute approximate surface area is 137 Å². The minimum absolute atomic E-state index is 0.103. The molecule has 0 saturated carbocycles. The first-order chi connectivity index (χ1) is 11.6. The molecule has 10 heteroatoms. The third-order valence-electron chi connectivity index (χ3n) is 3.50. The van der Waals surface area contributed by atoms with Crippen LogP contribution in [-0.4, -0.2) is 46.0 Å². The van der Waals surface area contributed by atoms with E-state index in [1.165, 1.54) is 12.3 Å². The lowest BCUT2D eigenvalue weighted by Gasteiger charge is -2.23. The number of aromatic amines is 1. The van der Waals surface area contributed by atoms with E-state index >= 15 is 0 Å². The number of nitrogens with one attached hydrogen (secondary N) is 3. The molecule has 3 N–H and O–H groups in total. The average molecular weight is 340 g/mol. The van der Waals surface area contributed by atoms with Crippen molar-refractivity contribution in [1.29, 1.82) is 0 Å². The van der Waals surface area contributed by atoms with E-state index in [-0.39, 0.29) is 17.8 Å². The van der Waals surface area contributed by atoms with E-state index in [4.69, 9.17) is 4.74 Å². The average Bonchev–Trinajstić information content (AvgIpc) is 2.98. The number of hydrogen-bond donors (Lipinski definition) is 3. The maximum absolute atomic E-state index is 12.1. The quantitative estimate of drug-likeness (QED) is 0.740. The Bertz CT molecular complexity index is 675. The summed E-state index contributed by atoms with van der Waals surface area (Å²) >= 11 is 0. The number of nitrogens with zero attached hydrogens (tertiary/aromatic N) is 3. The van der Waals surface area contributed by atoms with E-state index in [1.807, 2.05) is 6.92 Å². The molecule has 0 amide bonds. The highest BCUT2D eigenvalue weighted by molar-refractivity contribution is 5.52. The van der Waals surface area contributed by atoms with E-state index in [0.717, 1.165) is 25.9 Å². The molecule has 0 aromatic carbocycles. The lowest BCUT2D eigenvalue weighted by Crippen LogP contribution is -2.34. The van der Waals surface area contributed by atoms with Crippen LogP contribution in [0.5, 0.6) is 11.8 Å². The van der Waals surface area contributed by atoms with Gasteiger partial charge in [-0.05, 0) is 32.9 Å². The van der Waals surface area contributed by atoms with Crippen molar-refractivity contribution in [3.05, 3.63) is 18.0 Å². The molecule has 3 heterocycles. The van der Waals surface area contributed by atoms with E-state index in [1.54, 1.807) is 0 Å². The normalized spacial score (nSPS) is 15.5. The smallest absolute Gasteiger partial charge is 0.388 e. The summed E-state index contributed by atoms with van der Waals surface area (Å²) in [4.78, 5) is 8.61. The van der Waals surface area contributed by atoms with E-state index in [2.05, 4.69) is 35.5 Å². The van der Waals surface area contributed by atoms with Gasteiger partial charge in [0.15, 0.2) is 11.6 Å². The second-order valence-corrected chi connectivity index (χ2v) is 5.33. The zero-order chi connectivity index (χ0) is 16.9. The Balaban J connectivity index is 1.67. The maximum atomic E-state index is 12.1. The van der Waals surface area contributed by atoms with Crippen molar-refractivity contribution in [2.24, 2.45) is 0 Å². The molecular formula is C14H18F2N6O2. The van der Waals surface area contributed by atoms with Crippen molar-refractivity contribution < 1.29 is 18.3 Å². The summed E-state index contributed by atoms with van der Waals surface area (Å²) in [5, 5.41) is 12.3. The number of rotatable bonds is 6. The van der Waals surface area contributed by atoms with Crippen molar-refractivity contribution in [1.82, 2.24) is 25.5 Å². The molecule has 0 spiro atoms. The summed E-state index contributed by atoms with van der Waals surface area (Å²) in [5.74, 6) is 1.00. The number of H-pyrrole nitrogens is 1. The summed E-state index contributed by atoms with van der Waals surface area (Å²) in [6.45, 7) is 0.725. The monoisotopic (exact) mass is 340 g/mol. The number of halogens is 2. The number of ether oxygens (including phenoxy) is 2. The van der Waals surface area contributed by atoms with E-state index < -0.39 is 6.61 Å². The fraction of sp³-hybridized carbons (Fsp3) is 0.500. The SMILES string of the molecule is Cc1ncc(Nc2cc(OC(F)F)[nH]n2)nc1OC1CCNCC1. The first-order valence-electron chi connectivity index (χ1n) is 7.58. The van der Waals surface area contributed by atoms with Crippen LogP contribution in [0.4, 0.5) is 20.4 Å². The number of piperidine rings is 1. The van der Waals surface area contributed by atoms with Crippen LogP contribution in [0.25, 0.3) is 0 Å². The molecule has 1 fully saturated rings. The van der Waals surface area contributed by atoms with E-state index in [0.29, 0.717) is 17.4 Å². The highest BCUT2D eigenvalue weighted by Crippen LogP contribution is 2.22. The van der Waals surface area contributed by atoms with Crippen LogP contribution >= 0.6 is 0 Å². The van der Waals surface area contributed by atoms with Crippen LogP contribution in [0, 0.1) is 6.92 Å². The third-order valence-corrected chi connectivity index (χ3v) is 3.50. The molecule has 130 valence electrons. The number of aromatic nitrogens is 4. The van der Waals surface area contributed by atoms with Gasteiger partial charge in [-0.15, -0.1) is 0 Å². The second-order valence-electron chi connectivity index (χ2n) is 5.33. The maximum Gasteiger partial charge on any atom is 0.388 e. The predicted molar refractivity (Wildman–Crippen MR) is 81.8 cm³/mol. The van der Waals surface area contributed by atoms with Crippen molar-refractivity contribution in [3.63, 3.8) is 0 Å². The number of anilines is 2. The summed E-state index contributed by atoms with van der Waals surface area (Å²) < 4.78 is 34.4. The molecule has 2 aromatic rings. The van der Waals surface area contributed by atoms with Gasteiger partial charge in [-0.3, -0.25) is 4.98 Å². The van der Waals surface area contributed by atoms with Gasteiger partial charge in [0.25, 0.3) is 0 Å². The first kappa shape index (κ1) is 16.4. The Hall–Kier alpha value is -2.49. The van der Waals surface area contributed by atoms with Gasteiger partial charge in [0, 0.05) is 6.07 Å². The highest BCUT2D eigenvalue weighted by Gasteiger charge is 2.17. The minimum Gasteiger partial charge on any atom is -0.473 e. The Kier molecular flexibility index (Phi) is 5.04. The summed E-state index contributed by atoms with van der Waals surface area (Å²) in [5.41, 5.74) is 0.683. The third kappa shape index (κ3) is 4.28. The first-order valence-corrected chi connectivity index (χ1v) is 7.58. The molecule has 0 unspecified atom stereocenters. The van der Waals surface area contributed by atoms with Gasteiger partial charge >= 0.3 is 6.61 Å².